The zero-order chi connectivity index (χ0) is 14.2. The Morgan fingerprint density at radius 2 is 2.16 bits per heavy atom. The quantitative estimate of drug-likeness (QED) is 0.829. The molecular formula is C13H24N2O3S. The summed E-state index contributed by atoms with van der Waals surface area (Å²) in [6.45, 7) is 6.40. The van der Waals surface area contributed by atoms with Crippen molar-refractivity contribution in [2.24, 2.45) is 5.92 Å². The molecule has 2 rings (SSSR count). The van der Waals surface area contributed by atoms with Crippen molar-refractivity contribution in [3.05, 3.63) is 0 Å². The Hall–Kier alpha value is -0.620. The number of hydrogen-bond acceptors (Lipinski definition) is 4. The number of sulfone groups is 1. The average molecular weight is 288 g/mol. The highest BCUT2D eigenvalue weighted by Crippen LogP contribution is 2.25. The van der Waals surface area contributed by atoms with Crippen molar-refractivity contribution < 1.29 is 13.2 Å². The van der Waals surface area contributed by atoms with Crippen molar-refractivity contribution in [3.8, 4) is 0 Å². The number of hydrogen-bond donors (Lipinski definition) is 1. The van der Waals surface area contributed by atoms with Crippen LogP contribution in [0.15, 0.2) is 0 Å². The summed E-state index contributed by atoms with van der Waals surface area (Å²) >= 11 is 0. The van der Waals surface area contributed by atoms with Crippen molar-refractivity contribution in [1.82, 2.24) is 10.2 Å². The van der Waals surface area contributed by atoms with Crippen molar-refractivity contribution in [2.75, 3.05) is 12.3 Å². The summed E-state index contributed by atoms with van der Waals surface area (Å²) in [5, 5.41) is 2.92. The molecule has 110 valence electrons. The predicted molar refractivity (Wildman–Crippen MR) is 74.4 cm³/mol. The first-order valence-corrected chi connectivity index (χ1v) is 8.86. The molecule has 4 atom stereocenters. The van der Waals surface area contributed by atoms with Gasteiger partial charge in [0.05, 0.1) is 23.2 Å². The second-order valence-electron chi connectivity index (χ2n) is 5.83. The summed E-state index contributed by atoms with van der Waals surface area (Å²) in [5.41, 5.74) is 0. The van der Waals surface area contributed by atoms with Crippen LogP contribution in [0.4, 0.5) is 0 Å². The lowest BCUT2D eigenvalue weighted by Crippen LogP contribution is -2.41. The minimum absolute atomic E-state index is 0.0592. The molecule has 2 aliphatic heterocycles. The molecule has 0 bridgehead atoms. The summed E-state index contributed by atoms with van der Waals surface area (Å²) in [6.07, 6.45) is 2.28. The lowest BCUT2D eigenvalue weighted by Gasteiger charge is -2.24. The third-order valence-corrected chi connectivity index (χ3v) is 6.77. The lowest BCUT2D eigenvalue weighted by molar-refractivity contribution is -0.130. The number of amides is 1. The minimum Gasteiger partial charge on any atom is -0.325 e. The fourth-order valence-corrected chi connectivity index (χ4v) is 4.78. The first kappa shape index (κ1) is 14.8. The van der Waals surface area contributed by atoms with E-state index in [1.54, 1.807) is 4.90 Å². The molecule has 2 fully saturated rings. The van der Waals surface area contributed by atoms with E-state index in [4.69, 9.17) is 0 Å². The minimum atomic E-state index is -2.99. The molecular weight excluding hydrogens is 264 g/mol. The first-order chi connectivity index (χ1) is 8.86. The molecule has 0 aromatic carbocycles. The second kappa shape index (κ2) is 5.40. The van der Waals surface area contributed by atoms with Gasteiger partial charge in [-0.2, -0.15) is 0 Å². The molecule has 5 nitrogen and oxygen atoms in total. The Labute approximate surface area is 115 Å². The van der Waals surface area contributed by atoms with Crippen molar-refractivity contribution in [1.29, 1.82) is 0 Å². The standard InChI is InChI=1S/C13H24N2O3S/c1-4-9(2)12-13(16)15(10(3)14-12)8-11-6-5-7-19(11,17)18/h9-12,14H,4-8H2,1-3H3. The molecule has 0 aliphatic carbocycles. The van der Waals surface area contributed by atoms with Crippen LogP contribution in [0.2, 0.25) is 0 Å². The molecule has 0 saturated carbocycles. The summed E-state index contributed by atoms with van der Waals surface area (Å²) in [5.74, 6) is 0.611. The van der Waals surface area contributed by atoms with Crippen LogP contribution < -0.4 is 5.32 Å². The summed E-state index contributed by atoms with van der Waals surface area (Å²) in [7, 11) is -2.99. The van der Waals surface area contributed by atoms with Gasteiger partial charge in [-0.1, -0.05) is 20.3 Å². The van der Waals surface area contributed by atoms with Crippen molar-refractivity contribution in [3.63, 3.8) is 0 Å². The monoisotopic (exact) mass is 288 g/mol. The van der Waals surface area contributed by atoms with Gasteiger partial charge in [-0.15, -0.1) is 0 Å². The highest BCUT2D eigenvalue weighted by Gasteiger charge is 2.42. The summed E-state index contributed by atoms with van der Waals surface area (Å²) in [6, 6.07) is -0.163. The Morgan fingerprint density at radius 1 is 1.47 bits per heavy atom. The van der Waals surface area contributed by atoms with E-state index in [-0.39, 0.29) is 35.0 Å². The van der Waals surface area contributed by atoms with Crippen molar-refractivity contribution in [2.45, 2.75) is 57.5 Å². The smallest absolute Gasteiger partial charge is 0.241 e. The number of carbonyl (C=O) groups is 1. The summed E-state index contributed by atoms with van der Waals surface area (Å²) < 4.78 is 23.8. The van der Waals surface area contributed by atoms with Gasteiger partial charge in [0.2, 0.25) is 5.91 Å². The van der Waals surface area contributed by atoms with Gasteiger partial charge in [0.25, 0.3) is 0 Å². The maximum atomic E-state index is 12.4. The van der Waals surface area contributed by atoms with Gasteiger partial charge in [0.1, 0.15) is 0 Å². The van der Waals surface area contributed by atoms with E-state index in [9.17, 15) is 13.2 Å². The maximum Gasteiger partial charge on any atom is 0.241 e. The van der Waals surface area contributed by atoms with Crippen molar-refractivity contribution >= 4 is 15.7 Å². The van der Waals surface area contributed by atoms with Crippen LogP contribution in [-0.4, -0.2) is 49.0 Å². The molecule has 2 aliphatic rings. The van der Waals surface area contributed by atoms with Crippen LogP contribution >= 0.6 is 0 Å². The van der Waals surface area contributed by atoms with Gasteiger partial charge >= 0.3 is 0 Å². The molecule has 0 aromatic heterocycles. The first-order valence-electron chi connectivity index (χ1n) is 7.15. The van der Waals surface area contributed by atoms with Gasteiger partial charge in [0, 0.05) is 6.54 Å². The molecule has 19 heavy (non-hydrogen) atoms. The molecule has 4 unspecified atom stereocenters. The maximum absolute atomic E-state index is 12.4. The van der Waals surface area contributed by atoms with E-state index in [1.807, 2.05) is 6.92 Å². The number of rotatable bonds is 4. The molecule has 0 radical (unpaired) electrons. The molecule has 2 heterocycles. The average Bonchev–Trinajstić information content (AvgIpc) is 2.82. The Bertz CT molecular complexity index is 449. The molecule has 1 amide bonds. The Morgan fingerprint density at radius 3 is 2.68 bits per heavy atom. The van der Waals surface area contributed by atoms with E-state index < -0.39 is 9.84 Å². The van der Waals surface area contributed by atoms with E-state index in [0.29, 0.717) is 13.0 Å². The summed E-state index contributed by atoms with van der Waals surface area (Å²) in [4.78, 5) is 14.1. The second-order valence-corrected chi connectivity index (χ2v) is 8.23. The molecule has 1 N–H and O–H groups in total. The molecule has 6 heteroatoms. The van der Waals surface area contributed by atoms with E-state index in [2.05, 4.69) is 19.2 Å². The third-order valence-electron chi connectivity index (χ3n) is 4.51. The van der Waals surface area contributed by atoms with Crippen LogP contribution in [0.25, 0.3) is 0 Å². The zero-order valence-electron chi connectivity index (χ0n) is 11.9. The largest absolute Gasteiger partial charge is 0.325 e. The lowest BCUT2D eigenvalue weighted by atomic mass is 9.99. The zero-order valence-corrected chi connectivity index (χ0v) is 12.7. The SMILES string of the molecule is CCC(C)C1NC(C)N(CC2CCCS2(=O)=O)C1=O. The molecule has 0 aromatic rings. The topological polar surface area (TPSA) is 66.5 Å². The van der Waals surface area contributed by atoms with E-state index >= 15 is 0 Å². The highest BCUT2D eigenvalue weighted by atomic mass is 32.2. The Kier molecular flexibility index (Phi) is 4.20. The fourth-order valence-electron chi connectivity index (χ4n) is 2.96. The predicted octanol–water partition coefficient (Wildman–Crippen LogP) is 0.756. The normalized spacial score (nSPS) is 35.8. The Balaban J connectivity index is 2.07. The van der Waals surface area contributed by atoms with Gasteiger partial charge in [-0.25, -0.2) is 8.42 Å². The van der Waals surface area contributed by atoms with Gasteiger partial charge in [0.15, 0.2) is 9.84 Å². The highest BCUT2D eigenvalue weighted by molar-refractivity contribution is 7.92. The van der Waals surface area contributed by atoms with Crippen LogP contribution in [0.5, 0.6) is 0 Å². The van der Waals surface area contributed by atoms with E-state index in [1.165, 1.54) is 0 Å². The van der Waals surface area contributed by atoms with E-state index in [0.717, 1.165) is 12.8 Å². The van der Waals surface area contributed by atoms with Gasteiger partial charge in [-0.05, 0) is 25.7 Å². The number of nitrogens with zero attached hydrogens (tertiary/aromatic N) is 1. The van der Waals surface area contributed by atoms with Crippen LogP contribution in [0.3, 0.4) is 0 Å². The van der Waals surface area contributed by atoms with Gasteiger partial charge in [-0.3, -0.25) is 10.1 Å². The van der Waals surface area contributed by atoms with Crippen LogP contribution in [-0.2, 0) is 14.6 Å². The van der Waals surface area contributed by atoms with Gasteiger partial charge < -0.3 is 4.90 Å². The molecule has 2 saturated heterocycles. The fraction of sp³-hybridized carbons (Fsp3) is 0.923. The van der Waals surface area contributed by atoms with Crippen LogP contribution in [0.1, 0.15) is 40.0 Å². The molecule has 0 spiro atoms. The number of carbonyl (C=O) groups excluding carboxylic acids is 1. The third kappa shape index (κ3) is 2.79. The van der Waals surface area contributed by atoms with Crippen LogP contribution in [0, 0.1) is 5.92 Å². The number of nitrogens with one attached hydrogen (secondary N) is 1.